The van der Waals surface area contributed by atoms with E-state index >= 15 is 0 Å². The zero-order chi connectivity index (χ0) is 11.5. The Morgan fingerprint density at radius 1 is 1.06 bits per heavy atom. The van der Waals surface area contributed by atoms with Crippen LogP contribution in [0.3, 0.4) is 0 Å². The summed E-state index contributed by atoms with van der Waals surface area (Å²) >= 11 is 0. The maximum absolute atomic E-state index is 13.6. The Labute approximate surface area is 93.5 Å². The number of hydrogen-bond donors (Lipinski definition) is 1. The predicted molar refractivity (Wildman–Crippen MR) is 62.8 cm³/mol. The molecule has 0 saturated heterocycles. The largest absolute Gasteiger partial charge is 0.497 e. The molecule has 0 saturated carbocycles. The molecule has 0 aliphatic rings. The van der Waals surface area contributed by atoms with Crippen molar-refractivity contribution in [2.75, 3.05) is 12.8 Å². The number of benzene rings is 2. The van der Waals surface area contributed by atoms with Crippen molar-refractivity contribution >= 4 is 5.69 Å². The molecule has 0 atom stereocenters. The van der Waals surface area contributed by atoms with Gasteiger partial charge in [0.15, 0.2) is 0 Å². The maximum atomic E-state index is 13.6. The Bertz CT molecular complexity index is 511. The van der Waals surface area contributed by atoms with E-state index in [-0.39, 0.29) is 5.82 Å². The van der Waals surface area contributed by atoms with E-state index in [9.17, 15) is 4.39 Å². The van der Waals surface area contributed by atoms with Gasteiger partial charge in [0.05, 0.1) is 7.11 Å². The minimum atomic E-state index is -0.289. The van der Waals surface area contributed by atoms with Crippen LogP contribution in [0.15, 0.2) is 42.5 Å². The van der Waals surface area contributed by atoms with Crippen molar-refractivity contribution in [3.8, 4) is 16.9 Å². The number of nitrogen functional groups attached to an aromatic ring is 1. The summed E-state index contributed by atoms with van der Waals surface area (Å²) < 4.78 is 18.7. The van der Waals surface area contributed by atoms with Gasteiger partial charge in [0.1, 0.15) is 11.6 Å². The molecule has 0 unspecified atom stereocenters. The second-order valence-electron chi connectivity index (χ2n) is 3.43. The zero-order valence-corrected chi connectivity index (χ0v) is 8.91. The van der Waals surface area contributed by atoms with Gasteiger partial charge in [-0.15, -0.1) is 0 Å². The van der Waals surface area contributed by atoms with E-state index in [1.807, 2.05) is 0 Å². The van der Waals surface area contributed by atoms with Crippen molar-refractivity contribution in [1.82, 2.24) is 0 Å². The van der Waals surface area contributed by atoms with Crippen molar-refractivity contribution in [3.05, 3.63) is 48.3 Å². The highest BCUT2D eigenvalue weighted by Gasteiger charge is 2.08. The van der Waals surface area contributed by atoms with Gasteiger partial charge in [-0.3, -0.25) is 0 Å². The van der Waals surface area contributed by atoms with Crippen LogP contribution in [0.4, 0.5) is 10.1 Å². The van der Waals surface area contributed by atoms with Gasteiger partial charge in [0.2, 0.25) is 0 Å². The molecule has 0 amide bonds. The van der Waals surface area contributed by atoms with Gasteiger partial charge in [0, 0.05) is 16.8 Å². The Hall–Kier alpha value is -2.03. The van der Waals surface area contributed by atoms with Crippen LogP contribution < -0.4 is 10.5 Å². The zero-order valence-electron chi connectivity index (χ0n) is 8.91. The smallest absolute Gasteiger partial charge is 0.131 e. The molecule has 0 aliphatic heterocycles. The summed E-state index contributed by atoms with van der Waals surface area (Å²) in [5.74, 6) is 0.370. The average molecular weight is 217 g/mol. The molecule has 2 aromatic carbocycles. The first-order chi connectivity index (χ1) is 7.72. The van der Waals surface area contributed by atoms with Crippen LogP contribution >= 0.6 is 0 Å². The van der Waals surface area contributed by atoms with Gasteiger partial charge in [0.25, 0.3) is 0 Å². The first-order valence-electron chi connectivity index (χ1n) is 4.91. The second kappa shape index (κ2) is 4.23. The molecule has 0 spiro atoms. The van der Waals surface area contributed by atoms with E-state index in [4.69, 9.17) is 10.5 Å². The Morgan fingerprint density at radius 2 is 1.81 bits per heavy atom. The van der Waals surface area contributed by atoms with Gasteiger partial charge in [-0.2, -0.15) is 0 Å². The molecule has 0 fully saturated rings. The SMILES string of the molecule is COc1ccc(N)c(-c2ccccc2F)c1. The lowest BCUT2D eigenvalue weighted by molar-refractivity contribution is 0.415. The summed E-state index contributed by atoms with van der Waals surface area (Å²) in [5.41, 5.74) is 7.49. The minimum Gasteiger partial charge on any atom is -0.497 e. The van der Waals surface area contributed by atoms with E-state index < -0.39 is 0 Å². The molecule has 0 aliphatic carbocycles. The number of halogens is 1. The Balaban J connectivity index is 2.59. The quantitative estimate of drug-likeness (QED) is 0.784. The Kier molecular flexibility index (Phi) is 2.77. The number of rotatable bonds is 2. The number of methoxy groups -OCH3 is 1. The lowest BCUT2D eigenvalue weighted by Gasteiger charge is -2.09. The highest BCUT2D eigenvalue weighted by atomic mass is 19.1. The molecule has 0 bridgehead atoms. The van der Waals surface area contributed by atoms with Crippen LogP contribution in [-0.4, -0.2) is 7.11 Å². The van der Waals surface area contributed by atoms with Crippen molar-refractivity contribution in [1.29, 1.82) is 0 Å². The van der Waals surface area contributed by atoms with Gasteiger partial charge in [-0.25, -0.2) is 4.39 Å². The van der Waals surface area contributed by atoms with Crippen molar-refractivity contribution < 1.29 is 9.13 Å². The first-order valence-corrected chi connectivity index (χ1v) is 4.91. The van der Waals surface area contributed by atoms with E-state index in [0.29, 0.717) is 22.6 Å². The van der Waals surface area contributed by atoms with Crippen LogP contribution in [0.2, 0.25) is 0 Å². The summed E-state index contributed by atoms with van der Waals surface area (Å²) in [6, 6.07) is 11.7. The van der Waals surface area contributed by atoms with E-state index in [1.54, 1.807) is 43.5 Å². The van der Waals surface area contributed by atoms with Crippen molar-refractivity contribution in [3.63, 3.8) is 0 Å². The maximum Gasteiger partial charge on any atom is 0.131 e. The highest BCUT2D eigenvalue weighted by Crippen LogP contribution is 2.31. The lowest BCUT2D eigenvalue weighted by Crippen LogP contribution is -1.93. The monoisotopic (exact) mass is 217 g/mol. The van der Waals surface area contributed by atoms with Crippen LogP contribution in [-0.2, 0) is 0 Å². The molecule has 16 heavy (non-hydrogen) atoms. The normalized spacial score (nSPS) is 10.1. The molecule has 2 rings (SSSR count). The van der Waals surface area contributed by atoms with Crippen LogP contribution in [0.5, 0.6) is 5.75 Å². The molecular formula is C13H12FNO. The van der Waals surface area contributed by atoms with Crippen molar-refractivity contribution in [2.45, 2.75) is 0 Å². The molecule has 2 aromatic rings. The number of anilines is 1. The average Bonchev–Trinajstić information content (AvgIpc) is 2.31. The fourth-order valence-electron chi connectivity index (χ4n) is 1.58. The summed E-state index contributed by atoms with van der Waals surface area (Å²) in [4.78, 5) is 0. The standard InChI is InChI=1S/C13H12FNO/c1-16-9-6-7-13(15)11(8-9)10-4-2-3-5-12(10)14/h2-8H,15H2,1H3. The van der Waals surface area contributed by atoms with Crippen molar-refractivity contribution in [2.24, 2.45) is 0 Å². The summed E-state index contributed by atoms with van der Waals surface area (Å²) in [6.45, 7) is 0. The number of nitrogens with two attached hydrogens (primary N) is 1. The van der Waals surface area contributed by atoms with Gasteiger partial charge < -0.3 is 10.5 Å². The first kappa shape index (κ1) is 10.5. The molecule has 0 heterocycles. The molecule has 2 nitrogen and oxygen atoms in total. The number of ether oxygens (including phenoxy) is 1. The Morgan fingerprint density at radius 3 is 2.50 bits per heavy atom. The van der Waals surface area contributed by atoms with Crippen LogP contribution in [0, 0.1) is 5.82 Å². The van der Waals surface area contributed by atoms with E-state index in [1.165, 1.54) is 6.07 Å². The molecular weight excluding hydrogens is 205 g/mol. The lowest BCUT2D eigenvalue weighted by atomic mass is 10.0. The molecule has 2 N–H and O–H groups in total. The fraction of sp³-hybridized carbons (Fsp3) is 0.0769. The molecule has 82 valence electrons. The van der Waals surface area contributed by atoms with E-state index in [2.05, 4.69) is 0 Å². The highest BCUT2D eigenvalue weighted by molar-refractivity contribution is 5.77. The summed E-state index contributed by atoms with van der Waals surface area (Å²) in [5, 5.41) is 0. The van der Waals surface area contributed by atoms with Gasteiger partial charge in [-0.05, 0) is 24.3 Å². The third-order valence-electron chi connectivity index (χ3n) is 2.42. The summed E-state index contributed by atoms with van der Waals surface area (Å²) in [7, 11) is 1.57. The van der Waals surface area contributed by atoms with Crippen LogP contribution in [0.25, 0.3) is 11.1 Å². The fourth-order valence-corrected chi connectivity index (χ4v) is 1.58. The van der Waals surface area contributed by atoms with E-state index in [0.717, 1.165) is 0 Å². The van der Waals surface area contributed by atoms with Gasteiger partial charge in [-0.1, -0.05) is 18.2 Å². The summed E-state index contributed by atoms with van der Waals surface area (Å²) in [6.07, 6.45) is 0. The minimum absolute atomic E-state index is 0.289. The molecule has 0 radical (unpaired) electrons. The topological polar surface area (TPSA) is 35.2 Å². The second-order valence-corrected chi connectivity index (χ2v) is 3.43. The predicted octanol–water partition coefficient (Wildman–Crippen LogP) is 3.08. The molecule has 0 aromatic heterocycles. The van der Waals surface area contributed by atoms with Gasteiger partial charge >= 0.3 is 0 Å². The molecule has 3 heteroatoms. The third-order valence-corrected chi connectivity index (χ3v) is 2.42. The number of hydrogen-bond acceptors (Lipinski definition) is 2. The van der Waals surface area contributed by atoms with Crippen LogP contribution in [0.1, 0.15) is 0 Å². The third kappa shape index (κ3) is 1.84.